The molecule has 0 spiro atoms. The van der Waals surface area contributed by atoms with Crippen molar-refractivity contribution in [2.24, 2.45) is 0 Å². The van der Waals surface area contributed by atoms with Crippen molar-refractivity contribution in [3.63, 3.8) is 0 Å². The number of rotatable bonds is 4. The zero-order valence-corrected chi connectivity index (χ0v) is 7.99. The topological polar surface area (TPSA) is 13.1 Å². The van der Waals surface area contributed by atoms with Crippen LogP contribution in [0.25, 0.3) is 0 Å². The SMILES string of the molecule is C#CCCCSc1ccoc1C. The van der Waals surface area contributed by atoms with Gasteiger partial charge in [0, 0.05) is 11.3 Å². The van der Waals surface area contributed by atoms with Crippen LogP contribution in [0.4, 0.5) is 0 Å². The van der Waals surface area contributed by atoms with Crippen LogP contribution in [0.5, 0.6) is 0 Å². The minimum atomic E-state index is 0.865. The molecule has 12 heavy (non-hydrogen) atoms. The first-order valence-corrected chi connectivity index (χ1v) is 4.93. The highest BCUT2D eigenvalue weighted by Crippen LogP contribution is 2.23. The summed E-state index contributed by atoms with van der Waals surface area (Å²) in [6.07, 6.45) is 8.80. The first-order valence-electron chi connectivity index (χ1n) is 3.95. The Morgan fingerprint density at radius 1 is 1.67 bits per heavy atom. The molecular formula is C10H12OS. The smallest absolute Gasteiger partial charge is 0.114 e. The summed E-state index contributed by atoms with van der Waals surface area (Å²) in [6.45, 7) is 1.98. The Morgan fingerprint density at radius 3 is 3.08 bits per heavy atom. The van der Waals surface area contributed by atoms with Crippen LogP contribution in [-0.2, 0) is 0 Å². The summed E-state index contributed by atoms with van der Waals surface area (Å²) in [4.78, 5) is 1.23. The predicted octanol–water partition coefficient (Wildman–Crippen LogP) is 3.09. The Bertz CT molecular complexity index is 270. The first-order chi connectivity index (χ1) is 5.84. The maximum absolute atomic E-state index is 5.16. The van der Waals surface area contributed by atoms with E-state index in [2.05, 4.69) is 5.92 Å². The molecule has 1 nitrogen and oxygen atoms in total. The summed E-state index contributed by atoms with van der Waals surface area (Å²) in [6, 6.07) is 2.00. The lowest BCUT2D eigenvalue weighted by Crippen LogP contribution is -1.78. The fourth-order valence-electron chi connectivity index (χ4n) is 0.879. The highest BCUT2D eigenvalue weighted by molar-refractivity contribution is 7.99. The average molecular weight is 180 g/mol. The number of aryl methyl sites for hydroxylation is 1. The van der Waals surface area contributed by atoms with Gasteiger partial charge < -0.3 is 4.42 Å². The van der Waals surface area contributed by atoms with E-state index in [1.54, 1.807) is 18.0 Å². The van der Waals surface area contributed by atoms with Crippen LogP contribution in [0.1, 0.15) is 18.6 Å². The van der Waals surface area contributed by atoms with Crippen LogP contribution in [0, 0.1) is 19.3 Å². The van der Waals surface area contributed by atoms with E-state index in [1.807, 2.05) is 13.0 Å². The molecule has 0 fully saturated rings. The van der Waals surface area contributed by atoms with E-state index in [1.165, 1.54) is 4.90 Å². The molecule has 0 unspecified atom stereocenters. The zero-order chi connectivity index (χ0) is 8.81. The Hall–Kier alpha value is -0.810. The molecule has 1 aromatic rings. The number of furan rings is 1. The lowest BCUT2D eigenvalue weighted by molar-refractivity contribution is 0.527. The third-order valence-corrected chi connectivity index (χ3v) is 2.76. The molecule has 2 heteroatoms. The van der Waals surface area contributed by atoms with Crippen molar-refractivity contribution < 1.29 is 4.42 Å². The average Bonchev–Trinajstić information content (AvgIpc) is 2.46. The van der Waals surface area contributed by atoms with Gasteiger partial charge >= 0.3 is 0 Å². The number of hydrogen-bond donors (Lipinski definition) is 0. The summed E-state index contributed by atoms with van der Waals surface area (Å²) >= 11 is 1.80. The fraction of sp³-hybridized carbons (Fsp3) is 0.400. The van der Waals surface area contributed by atoms with Crippen molar-refractivity contribution >= 4 is 11.8 Å². The lowest BCUT2D eigenvalue weighted by Gasteiger charge is -1.96. The lowest BCUT2D eigenvalue weighted by atomic mass is 10.4. The summed E-state index contributed by atoms with van der Waals surface area (Å²) in [5.41, 5.74) is 0. The zero-order valence-electron chi connectivity index (χ0n) is 7.17. The van der Waals surface area contributed by atoms with Crippen molar-refractivity contribution in [2.45, 2.75) is 24.7 Å². The van der Waals surface area contributed by atoms with Crippen molar-refractivity contribution in [1.82, 2.24) is 0 Å². The quantitative estimate of drug-likeness (QED) is 0.401. The maximum atomic E-state index is 5.16. The molecule has 0 aliphatic rings. The summed E-state index contributed by atoms with van der Waals surface area (Å²) in [5.74, 6) is 4.70. The highest BCUT2D eigenvalue weighted by Gasteiger charge is 1.99. The molecule has 0 N–H and O–H groups in total. The summed E-state index contributed by atoms with van der Waals surface area (Å²) in [7, 11) is 0. The van der Waals surface area contributed by atoms with Gasteiger partial charge in [-0.3, -0.25) is 0 Å². The van der Waals surface area contributed by atoms with Crippen LogP contribution in [-0.4, -0.2) is 5.75 Å². The van der Waals surface area contributed by atoms with E-state index < -0.39 is 0 Å². The number of hydrogen-bond acceptors (Lipinski definition) is 2. The molecule has 1 aromatic heterocycles. The first kappa shape index (κ1) is 9.28. The number of terminal acetylenes is 1. The van der Waals surface area contributed by atoms with Gasteiger partial charge in [-0.15, -0.1) is 24.1 Å². The molecule has 64 valence electrons. The molecule has 1 heterocycles. The van der Waals surface area contributed by atoms with Gasteiger partial charge in [0.1, 0.15) is 5.76 Å². The molecule has 0 atom stereocenters. The third-order valence-electron chi connectivity index (χ3n) is 1.53. The van der Waals surface area contributed by atoms with Crippen molar-refractivity contribution in [3.05, 3.63) is 18.1 Å². The van der Waals surface area contributed by atoms with E-state index in [9.17, 15) is 0 Å². The van der Waals surface area contributed by atoms with Gasteiger partial charge in [-0.05, 0) is 25.2 Å². The molecule has 1 rings (SSSR count). The van der Waals surface area contributed by atoms with Crippen molar-refractivity contribution in [1.29, 1.82) is 0 Å². The largest absolute Gasteiger partial charge is 0.468 e. The van der Waals surface area contributed by atoms with Gasteiger partial charge in [0.05, 0.1) is 6.26 Å². The van der Waals surface area contributed by atoms with E-state index in [0.717, 1.165) is 24.4 Å². The minimum absolute atomic E-state index is 0.865. The molecule has 0 radical (unpaired) electrons. The maximum Gasteiger partial charge on any atom is 0.114 e. The van der Waals surface area contributed by atoms with Crippen LogP contribution < -0.4 is 0 Å². The van der Waals surface area contributed by atoms with E-state index in [0.29, 0.717) is 0 Å². The molecule has 0 saturated heterocycles. The van der Waals surface area contributed by atoms with Gasteiger partial charge in [-0.1, -0.05) is 0 Å². The molecule has 0 aliphatic carbocycles. The monoisotopic (exact) mass is 180 g/mol. The Morgan fingerprint density at radius 2 is 2.50 bits per heavy atom. The molecule has 0 saturated carbocycles. The second-order valence-electron chi connectivity index (χ2n) is 2.50. The minimum Gasteiger partial charge on any atom is -0.468 e. The summed E-state index contributed by atoms with van der Waals surface area (Å²) in [5, 5.41) is 0. The molecule has 0 bridgehead atoms. The molecule has 0 aromatic carbocycles. The number of thioether (sulfide) groups is 1. The third kappa shape index (κ3) is 2.67. The van der Waals surface area contributed by atoms with E-state index >= 15 is 0 Å². The van der Waals surface area contributed by atoms with Crippen LogP contribution in [0.15, 0.2) is 21.6 Å². The van der Waals surface area contributed by atoms with Crippen molar-refractivity contribution in [2.75, 3.05) is 5.75 Å². The molecule has 0 aliphatic heterocycles. The van der Waals surface area contributed by atoms with Gasteiger partial charge in [-0.25, -0.2) is 0 Å². The molecule has 0 amide bonds. The van der Waals surface area contributed by atoms with Crippen LogP contribution >= 0.6 is 11.8 Å². The normalized spacial score (nSPS) is 9.67. The predicted molar refractivity (Wildman–Crippen MR) is 52.2 cm³/mol. The van der Waals surface area contributed by atoms with Crippen LogP contribution in [0.2, 0.25) is 0 Å². The number of unbranched alkanes of at least 4 members (excludes halogenated alkanes) is 1. The summed E-state index contributed by atoms with van der Waals surface area (Å²) < 4.78 is 5.16. The van der Waals surface area contributed by atoms with Crippen LogP contribution in [0.3, 0.4) is 0 Å². The van der Waals surface area contributed by atoms with E-state index in [4.69, 9.17) is 10.8 Å². The molecular weight excluding hydrogens is 168 g/mol. The Kier molecular flexibility index (Phi) is 3.83. The fourth-order valence-corrected chi connectivity index (χ4v) is 1.79. The Labute approximate surface area is 77.5 Å². The second kappa shape index (κ2) is 4.95. The Balaban J connectivity index is 2.25. The van der Waals surface area contributed by atoms with Gasteiger partial charge in [0.2, 0.25) is 0 Å². The highest BCUT2D eigenvalue weighted by atomic mass is 32.2. The van der Waals surface area contributed by atoms with E-state index in [-0.39, 0.29) is 0 Å². The van der Waals surface area contributed by atoms with Gasteiger partial charge in [0.15, 0.2) is 0 Å². The standard InChI is InChI=1S/C10H12OS/c1-3-4-5-8-12-10-6-7-11-9(10)2/h1,6-7H,4-5,8H2,2H3. The second-order valence-corrected chi connectivity index (χ2v) is 3.63. The van der Waals surface area contributed by atoms with Crippen molar-refractivity contribution in [3.8, 4) is 12.3 Å². The van der Waals surface area contributed by atoms with Gasteiger partial charge in [0.25, 0.3) is 0 Å². The van der Waals surface area contributed by atoms with Gasteiger partial charge in [-0.2, -0.15) is 0 Å².